The number of para-hydroxylation sites is 1. The lowest BCUT2D eigenvalue weighted by atomic mass is 10.3. The molecule has 0 bridgehead atoms. The third kappa shape index (κ3) is 3.87. The highest BCUT2D eigenvalue weighted by molar-refractivity contribution is 5.93. The van der Waals surface area contributed by atoms with Gasteiger partial charge in [-0.15, -0.1) is 0 Å². The van der Waals surface area contributed by atoms with Crippen molar-refractivity contribution in [1.29, 1.82) is 5.41 Å². The Morgan fingerprint density at radius 2 is 1.89 bits per heavy atom. The Morgan fingerprint density at radius 1 is 1.22 bits per heavy atom. The van der Waals surface area contributed by atoms with E-state index in [-0.39, 0.29) is 24.4 Å². The van der Waals surface area contributed by atoms with Gasteiger partial charge in [0.2, 0.25) is 0 Å². The summed E-state index contributed by atoms with van der Waals surface area (Å²) in [4.78, 5) is 11.6. The number of ether oxygens (including phenoxy) is 2. The zero-order valence-corrected chi connectivity index (χ0v) is 10.2. The van der Waals surface area contributed by atoms with Crippen molar-refractivity contribution in [2.75, 3.05) is 0 Å². The average molecular weight is 247 g/mol. The third-order valence-electron chi connectivity index (χ3n) is 2.89. The molecule has 0 aromatic heterocycles. The maximum Gasteiger partial charge on any atom is 0.315 e. The van der Waals surface area contributed by atoms with Crippen LogP contribution in [0.5, 0.6) is 5.75 Å². The van der Waals surface area contributed by atoms with E-state index in [0.29, 0.717) is 5.75 Å². The standard InChI is InChI=1S/C14H17NO3/c15-13(17-11-6-2-1-3-7-11)10-14(16)18-12-8-4-5-9-12/h1-3,6-7,12,15H,4-5,8-10H2. The summed E-state index contributed by atoms with van der Waals surface area (Å²) in [7, 11) is 0. The summed E-state index contributed by atoms with van der Waals surface area (Å²) in [6.45, 7) is 0. The van der Waals surface area contributed by atoms with E-state index in [1.165, 1.54) is 0 Å². The first-order chi connectivity index (χ1) is 8.74. The zero-order valence-electron chi connectivity index (χ0n) is 10.2. The van der Waals surface area contributed by atoms with Crippen LogP contribution in [0.4, 0.5) is 0 Å². The van der Waals surface area contributed by atoms with Gasteiger partial charge in [0.1, 0.15) is 18.3 Å². The molecular formula is C14H17NO3. The van der Waals surface area contributed by atoms with E-state index in [9.17, 15) is 4.79 Å². The number of nitrogens with one attached hydrogen (secondary N) is 1. The SMILES string of the molecule is N=C(CC(=O)OC1CCCC1)Oc1ccccc1. The molecular weight excluding hydrogens is 230 g/mol. The van der Waals surface area contributed by atoms with E-state index in [0.717, 1.165) is 25.7 Å². The number of esters is 1. The molecule has 0 unspecified atom stereocenters. The van der Waals surface area contributed by atoms with Crippen molar-refractivity contribution >= 4 is 11.9 Å². The van der Waals surface area contributed by atoms with Crippen molar-refractivity contribution in [3.05, 3.63) is 30.3 Å². The van der Waals surface area contributed by atoms with Gasteiger partial charge in [0.15, 0.2) is 5.90 Å². The summed E-state index contributed by atoms with van der Waals surface area (Å²) >= 11 is 0. The zero-order chi connectivity index (χ0) is 12.8. The molecule has 1 saturated carbocycles. The van der Waals surface area contributed by atoms with Crippen LogP contribution in [-0.2, 0) is 9.53 Å². The van der Waals surface area contributed by atoms with Gasteiger partial charge in [-0.3, -0.25) is 10.2 Å². The highest BCUT2D eigenvalue weighted by Gasteiger charge is 2.20. The molecule has 0 amide bonds. The molecule has 1 aliphatic rings. The van der Waals surface area contributed by atoms with Crippen LogP contribution in [0.2, 0.25) is 0 Å². The van der Waals surface area contributed by atoms with Crippen LogP contribution in [0, 0.1) is 5.41 Å². The predicted octanol–water partition coefficient (Wildman–Crippen LogP) is 2.92. The van der Waals surface area contributed by atoms with Crippen molar-refractivity contribution in [3.63, 3.8) is 0 Å². The smallest absolute Gasteiger partial charge is 0.315 e. The van der Waals surface area contributed by atoms with Crippen LogP contribution < -0.4 is 4.74 Å². The fourth-order valence-corrected chi connectivity index (χ4v) is 2.03. The van der Waals surface area contributed by atoms with Gasteiger partial charge >= 0.3 is 5.97 Å². The Bertz CT molecular complexity index is 410. The number of hydrogen-bond donors (Lipinski definition) is 1. The molecule has 1 N–H and O–H groups in total. The second kappa shape index (κ2) is 6.19. The fraction of sp³-hybridized carbons (Fsp3) is 0.429. The van der Waals surface area contributed by atoms with E-state index in [4.69, 9.17) is 14.9 Å². The largest absolute Gasteiger partial charge is 0.462 e. The normalized spacial score (nSPS) is 15.3. The molecule has 96 valence electrons. The molecule has 2 rings (SSSR count). The fourth-order valence-electron chi connectivity index (χ4n) is 2.03. The highest BCUT2D eigenvalue weighted by Crippen LogP contribution is 2.21. The van der Waals surface area contributed by atoms with Crippen LogP contribution in [-0.4, -0.2) is 18.0 Å². The molecule has 0 radical (unpaired) electrons. The van der Waals surface area contributed by atoms with Gasteiger partial charge in [-0.05, 0) is 37.8 Å². The second-order valence-electron chi connectivity index (χ2n) is 4.41. The lowest BCUT2D eigenvalue weighted by molar-refractivity contribution is -0.147. The van der Waals surface area contributed by atoms with Crippen molar-refractivity contribution in [2.24, 2.45) is 0 Å². The molecule has 1 aliphatic carbocycles. The van der Waals surface area contributed by atoms with Crippen LogP contribution in [0.3, 0.4) is 0 Å². The average Bonchev–Trinajstić information content (AvgIpc) is 2.82. The second-order valence-corrected chi connectivity index (χ2v) is 4.41. The Morgan fingerprint density at radius 3 is 2.56 bits per heavy atom. The predicted molar refractivity (Wildman–Crippen MR) is 67.8 cm³/mol. The first-order valence-electron chi connectivity index (χ1n) is 6.24. The van der Waals surface area contributed by atoms with Gasteiger partial charge in [0.25, 0.3) is 0 Å². The first-order valence-corrected chi connectivity index (χ1v) is 6.24. The van der Waals surface area contributed by atoms with Gasteiger partial charge in [-0.25, -0.2) is 0 Å². The van der Waals surface area contributed by atoms with Crippen molar-refractivity contribution in [2.45, 2.75) is 38.2 Å². The first kappa shape index (κ1) is 12.6. The highest BCUT2D eigenvalue weighted by atomic mass is 16.5. The summed E-state index contributed by atoms with van der Waals surface area (Å²) < 4.78 is 10.5. The van der Waals surface area contributed by atoms with E-state index < -0.39 is 0 Å². The molecule has 1 fully saturated rings. The minimum absolute atomic E-state index is 0.0435. The van der Waals surface area contributed by atoms with Crippen LogP contribution in [0.1, 0.15) is 32.1 Å². The number of hydrogen-bond acceptors (Lipinski definition) is 4. The van der Waals surface area contributed by atoms with E-state index in [2.05, 4.69) is 0 Å². The maximum absolute atomic E-state index is 11.6. The Hall–Kier alpha value is -1.84. The molecule has 0 heterocycles. The quantitative estimate of drug-likeness (QED) is 0.505. The molecule has 18 heavy (non-hydrogen) atoms. The summed E-state index contributed by atoms with van der Waals surface area (Å²) in [5, 5.41) is 7.61. The van der Waals surface area contributed by atoms with E-state index in [1.54, 1.807) is 12.1 Å². The van der Waals surface area contributed by atoms with Crippen LogP contribution in [0.15, 0.2) is 30.3 Å². The van der Waals surface area contributed by atoms with Gasteiger partial charge in [0.05, 0.1) is 0 Å². The number of carbonyl (C=O) groups excluding carboxylic acids is 1. The molecule has 1 aromatic carbocycles. The number of benzene rings is 1. The third-order valence-corrected chi connectivity index (χ3v) is 2.89. The Labute approximate surface area is 106 Å². The van der Waals surface area contributed by atoms with Gasteiger partial charge in [-0.2, -0.15) is 0 Å². The number of carbonyl (C=O) groups is 1. The van der Waals surface area contributed by atoms with Gasteiger partial charge < -0.3 is 9.47 Å². The lowest BCUT2D eigenvalue weighted by Crippen LogP contribution is -2.19. The molecule has 0 spiro atoms. The Balaban J connectivity index is 1.75. The minimum atomic E-state index is -0.372. The van der Waals surface area contributed by atoms with E-state index in [1.807, 2.05) is 18.2 Å². The molecule has 1 aromatic rings. The van der Waals surface area contributed by atoms with Crippen LogP contribution in [0.25, 0.3) is 0 Å². The molecule has 0 aliphatic heterocycles. The summed E-state index contributed by atoms with van der Waals surface area (Å²) in [5.41, 5.74) is 0. The topological polar surface area (TPSA) is 59.4 Å². The summed E-state index contributed by atoms with van der Waals surface area (Å²) in [6.07, 6.45) is 4.07. The maximum atomic E-state index is 11.6. The Kier molecular flexibility index (Phi) is 4.34. The van der Waals surface area contributed by atoms with Crippen molar-refractivity contribution in [3.8, 4) is 5.75 Å². The number of rotatable bonds is 4. The summed E-state index contributed by atoms with van der Waals surface area (Å²) in [6, 6.07) is 9.00. The molecule has 0 saturated heterocycles. The van der Waals surface area contributed by atoms with Crippen molar-refractivity contribution in [1.82, 2.24) is 0 Å². The monoisotopic (exact) mass is 247 g/mol. The molecule has 4 heteroatoms. The summed E-state index contributed by atoms with van der Waals surface area (Å²) in [5.74, 6) is 0.114. The van der Waals surface area contributed by atoms with E-state index >= 15 is 0 Å². The van der Waals surface area contributed by atoms with Crippen molar-refractivity contribution < 1.29 is 14.3 Å². The van der Waals surface area contributed by atoms with Gasteiger partial charge in [0, 0.05) is 0 Å². The lowest BCUT2D eigenvalue weighted by Gasteiger charge is -2.11. The van der Waals surface area contributed by atoms with Gasteiger partial charge in [-0.1, -0.05) is 18.2 Å². The van der Waals surface area contributed by atoms with Crippen LogP contribution >= 0.6 is 0 Å². The molecule has 0 atom stereocenters. The minimum Gasteiger partial charge on any atom is -0.462 e. The molecule has 4 nitrogen and oxygen atoms in total.